The Labute approximate surface area is 221 Å². The molecule has 3 aromatic carbocycles. The van der Waals surface area contributed by atoms with E-state index in [1.807, 2.05) is 38.1 Å². The number of carbonyl (C=O) groups excluding carboxylic acids is 2. The van der Waals surface area contributed by atoms with Gasteiger partial charge < -0.3 is 19.6 Å². The Morgan fingerprint density at radius 2 is 1.76 bits per heavy atom. The van der Waals surface area contributed by atoms with E-state index in [-0.39, 0.29) is 17.3 Å². The number of ether oxygens (including phenoxy) is 2. The minimum absolute atomic E-state index is 0.00654. The van der Waals surface area contributed by atoms with Gasteiger partial charge in [0.25, 0.3) is 5.78 Å². The van der Waals surface area contributed by atoms with E-state index >= 15 is 0 Å². The molecule has 1 saturated heterocycles. The van der Waals surface area contributed by atoms with Gasteiger partial charge in [0.05, 0.1) is 36.9 Å². The molecule has 2 heterocycles. The number of H-pyrrole nitrogens is 1. The van der Waals surface area contributed by atoms with Crippen molar-refractivity contribution in [1.82, 2.24) is 9.97 Å². The molecular weight excluding hydrogens is 538 g/mol. The summed E-state index contributed by atoms with van der Waals surface area (Å²) in [5.41, 5.74) is 4.06. The van der Waals surface area contributed by atoms with Gasteiger partial charge in [-0.1, -0.05) is 51.8 Å². The van der Waals surface area contributed by atoms with Crippen molar-refractivity contribution in [2.45, 2.75) is 19.9 Å². The zero-order valence-corrected chi connectivity index (χ0v) is 22.2. The van der Waals surface area contributed by atoms with Crippen molar-refractivity contribution in [1.29, 1.82) is 0 Å². The third-order valence-electron chi connectivity index (χ3n) is 6.44. The summed E-state index contributed by atoms with van der Waals surface area (Å²) in [6.45, 7) is 3.81. The normalized spacial score (nSPS) is 17.0. The molecule has 0 spiro atoms. The van der Waals surface area contributed by atoms with Crippen LogP contribution in [0, 0.1) is 13.8 Å². The first-order valence-corrected chi connectivity index (χ1v) is 12.3. The largest absolute Gasteiger partial charge is 0.507 e. The second-order valence-electron chi connectivity index (χ2n) is 8.83. The van der Waals surface area contributed by atoms with Gasteiger partial charge in [-0.25, -0.2) is 4.98 Å². The number of ketones is 1. The molecule has 4 aromatic rings. The van der Waals surface area contributed by atoms with E-state index in [0.29, 0.717) is 33.7 Å². The second kappa shape index (κ2) is 9.40. The maximum absolute atomic E-state index is 13.5. The molecule has 1 atom stereocenters. The number of aromatic amines is 1. The quantitative estimate of drug-likeness (QED) is 0.187. The van der Waals surface area contributed by atoms with Crippen LogP contribution in [0.4, 0.5) is 5.95 Å². The van der Waals surface area contributed by atoms with Gasteiger partial charge in [-0.2, -0.15) is 0 Å². The lowest BCUT2D eigenvalue weighted by Crippen LogP contribution is -2.30. The van der Waals surface area contributed by atoms with Gasteiger partial charge in [0.1, 0.15) is 5.76 Å². The number of benzene rings is 3. The fourth-order valence-electron chi connectivity index (χ4n) is 4.59. The number of imidazole rings is 1. The standard InChI is InChI=1S/C28H24BrN3O5/c1-14-6-5-7-16(10-14)24-23(25(33)17-8-9-18(29)15(2)11-17)26(34)27(35)32(24)28-30-19-12-21(36-3)22(37-4)13-20(19)31-28/h5-13,24,33H,1-4H3,(H,30,31)/b25-23+. The van der Waals surface area contributed by atoms with Gasteiger partial charge in [-0.05, 0) is 37.1 Å². The average molecular weight is 562 g/mol. The molecule has 1 amide bonds. The van der Waals surface area contributed by atoms with Crippen LogP contribution in [0.1, 0.15) is 28.3 Å². The number of hydrogen-bond acceptors (Lipinski definition) is 6. The van der Waals surface area contributed by atoms with E-state index < -0.39 is 17.7 Å². The first-order valence-electron chi connectivity index (χ1n) is 11.5. The van der Waals surface area contributed by atoms with E-state index in [0.717, 1.165) is 15.6 Å². The number of aryl methyl sites for hydroxylation is 2. The van der Waals surface area contributed by atoms with Gasteiger partial charge in [-0.3, -0.25) is 14.5 Å². The highest BCUT2D eigenvalue weighted by Crippen LogP contribution is 2.43. The predicted molar refractivity (Wildman–Crippen MR) is 144 cm³/mol. The number of Topliss-reactive ketones (excluding diaryl/α,β-unsaturated/α-hetero) is 1. The first kappa shape index (κ1) is 24.6. The number of rotatable bonds is 5. The van der Waals surface area contributed by atoms with E-state index in [4.69, 9.17) is 9.47 Å². The molecule has 2 N–H and O–H groups in total. The fraction of sp³-hybridized carbons (Fsp3) is 0.179. The fourth-order valence-corrected chi connectivity index (χ4v) is 4.84. The zero-order valence-electron chi connectivity index (χ0n) is 20.6. The number of nitrogens with one attached hydrogen (secondary N) is 1. The van der Waals surface area contributed by atoms with Crippen LogP contribution in [-0.4, -0.2) is 41.0 Å². The molecule has 37 heavy (non-hydrogen) atoms. The molecule has 1 aliphatic heterocycles. The Balaban J connectivity index is 1.73. The molecule has 0 radical (unpaired) electrons. The number of anilines is 1. The number of fused-ring (bicyclic) bond motifs is 1. The van der Waals surface area contributed by atoms with Crippen LogP contribution in [0.3, 0.4) is 0 Å². The monoisotopic (exact) mass is 561 g/mol. The van der Waals surface area contributed by atoms with Crippen LogP contribution in [-0.2, 0) is 9.59 Å². The number of halogens is 1. The summed E-state index contributed by atoms with van der Waals surface area (Å²) in [5, 5.41) is 11.4. The molecule has 1 fully saturated rings. The molecule has 9 heteroatoms. The summed E-state index contributed by atoms with van der Waals surface area (Å²) in [6, 6.07) is 15.3. The number of aliphatic hydroxyl groups excluding tert-OH is 1. The molecule has 0 bridgehead atoms. The van der Waals surface area contributed by atoms with E-state index in [1.54, 1.807) is 30.3 Å². The topological polar surface area (TPSA) is 105 Å². The SMILES string of the molecule is COc1cc2nc(N3C(=O)C(=O)/C(=C(/O)c4ccc(Br)c(C)c4)C3c3cccc(C)c3)[nH]c2cc1OC. The van der Waals surface area contributed by atoms with Crippen LogP contribution in [0.25, 0.3) is 16.8 Å². The summed E-state index contributed by atoms with van der Waals surface area (Å²) in [7, 11) is 3.05. The third kappa shape index (κ3) is 4.15. The summed E-state index contributed by atoms with van der Waals surface area (Å²) < 4.78 is 11.6. The summed E-state index contributed by atoms with van der Waals surface area (Å²) in [5.74, 6) is -0.684. The molecule has 1 aliphatic rings. The molecule has 8 nitrogen and oxygen atoms in total. The van der Waals surface area contributed by atoms with Crippen molar-refractivity contribution in [3.05, 3.63) is 86.9 Å². The number of aromatic nitrogens is 2. The first-order chi connectivity index (χ1) is 17.7. The molecule has 5 rings (SSSR count). The van der Waals surface area contributed by atoms with Crippen molar-refractivity contribution in [2.75, 3.05) is 19.1 Å². The van der Waals surface area contributed by atoms with Gasteiger partial charge in [0.2, 0.25) is 5.95 Å². The van der Waals surface area contributed by atoms with Gasteiger partial charge in [0, 0.05) is 22.2 Å². The van der Waals surface area contributed by atoms with Gasteiger partial charge in [-0.15, -0.1) is 0 Å². The lowest BCUT2D eigenvalue weighted by Gasteiger charge is -2.23. The van der Waals surface area contributed by atoms with Crippen LogP contribution < -0.4 is 14.4 Å². The maximum Gasteiger partial charge on any atom is 0.302 e. The van der Waals surface area contributed by atoms with Crippen molar-refractivity contribution >= 4 is 50.4 Å². The third-order valence-corrected chi connectivity index (χ3v) is 7.33. The highest BCUT2D eigenvalue weighted by molar-refractivity contribution is 9.10. The van der Waals surface area contributed by atoms with Crippen LogP contribution >= 0.6 is 15.9 Å². The van der Waals surface area contributed by atoms with E-state index in [1.165, 1.54) is 19.1 Å². The lowest BCUT2D eigenvalue weighted by molar-refractivity contribution is -0.132. The predicted octanol–water partition coefficient (Wildman–Crippen LogP) is 5.59. The minimum atomic E-state index is -0.895. The molecule has 0 saturated carbocycles. The Morgan fingerprint density at radius 1 is 1.03 bits per heavy atom. The minimum Gasteiger partial charge on any atom is -0.507 e. The number of aliphatic hydroxyl groups is 1. The van der Waals surface area contributed by atoms with Crippen LogP contribution in [0.5, 0.6) is 11.5 Å². The molecule has 188 valence electrons. The Kier molecular flexibility index (Phi) is 6.25. The number of amides is 1. The summed E-state index contributed by atoms with van der Waals surface area (Å²) in [6.07, 6.45) is 0. The molecular formula is C28H24BrN3O5. The number of hydrogen-bond donors (Lipinski definition) is 2. The second-order valence-corrected chi connectivity index (χ2v) is 9.69. The maximum atomic E-state index is 13.5. The summed E-state index contributed by atoms with van der Waals surface area (Å²) in [4.78, 5) is 36.0. The number of nitrogens with zero attached hydrogens (tertiary/aromatic N) is 2. The molecule has 1 aromatic heterocycles. The van der Waals surface area contributed by atoms with E-state index in [9.17, 15) is 14.7 Å². The van der Waals surface area contributed by atoms with Gasteiger partial charge >= 0.3 is 5.91 Å². The van der Waals surface area contributed by atoms with Crippen molar-refractivity contribution in [3.8, 4) is 11.5 Å². The van der Waals surface area contributed by atoms with Crippen LogP contribution in [0.15, 0.2) is 64.6 Å². The summed E-state index contributed by atoms with van der Waals surface area (Å²) >= 11 is 3.46. The lowest BCUT2D eigenvalue weighted by atomic mass is 9.94. The number of carbonyl (C=O) groups is 2. The van der Waals surface area contributed by atoms with E-state index in [2.05, 4.69) is 25.9 Å². The highest BCUT2D eigenvalue weighted by atomic mass is 79.9. The Morgan fingerprint density at radius 3 is 2.43 bits per heavy atom. The smallest absolute Gasteiger partial charge is 0.302 e. The number of methoxy groups -OCH3 is 2. The zero-order chi connectivity index (χ0) is 26.4. The van der Waals surface area contributed by atoms with Crippen molar-refractivity contribution in [3.63, 3.8) is 0 Å². The van der Waals surface area contributed by atoms with Crippen molar-refractivity contribution < 1.29 is 24.2 Å². The van der Waals surface area contributed by atoms with Crippen LogP contribution in [0.2, 0.25) is 0 Å². The Bertz CT molecular complexity index is 1570. The highest BCUT2D eigenvalue weighted by Gasteiger charge is 2.48. The Hall–Kier alpha value is -4.11. The molecule has 0 aliphatic carbocycles. The molecule has 1 unspecified atom stereocenters. The van der Waals surface area contributed by atoms with Gasteiger partial charge in [0.15, 0.2) is 11.5 Å². The average Bonchev–Trinajstić information content (AvgIpc) is 3.41. The van der Waals surface area contributed by atoms with Crippen molar-refractivity contribution in [2.24, 2.45) is 0 Å².